The average molecular weight is 340 g/mol. The van der Waals surface area contributed by atoms with Gasteiger partial charge in [-0.1, -0.05) is 13.3 Å². The molecule has 2 saturated carbocycles. The van der Waals surface area contributed by atoms with Crippen LogP contribution < -0.4 is 0 Å². The lowest BCUT2D eigenvalue weighted by Gasteiger charge is -2.43. The third kappa shape index (κ3) is 4.19. The minimum atomic E-state index is -1.79. The van der Waals surface area contributed by atoms with Gasteiger partial charge in [0, 0.05) is 13.7 Å². The highest BCUT2D eigenvalue weighted by molar-refractivity contribution is 4.98. The van der Waals surface area contributed by atoms with Crippen molar-refractivity contribution in [2.24, 2.45) is 11.8 Å². The first-order chi connectivity index (χ1) is 11.0. The molecule has 0 aromatic heterocycles. The summed E-state index contributed by atoms with van der Waals surface area (Å²) in [7, 11) is 1.35. The van der Waals surface area contributed by atoms with Crippen molar-refractivity contribution in [1.82, 2.24) is 0 Å². The number of ether oxygens (including phenoxy) is 2. The van der Waals surface area contributed by atoms with Gasteiger partial charge in [0.1, 0.15) is 12.3 Å². The normalized spacial score (nSPS) is 45.1. The fraction of sp³-hybridized carbons (Fsp3) is 1.00. The van der Waals surface area contributed by atoms with Crippen LogP contribution in [0.1, 0.15) is 45.4 Å². The van der Waals surface area contributed by atoms with E-state index in [0.717, 1.165) is 12.8 Å². The van der Waals surface area contributed by atoms with Gasteiger partial charge >= 0.3 is 0 Å². The highest BCUT2D eigenvalue weighted by Crippen LogP contribution is 2.44. The number of halogens is 4. The summed E-state index contributed by atoms with van der Waals surface area (Å²) in [5, 5.41) is 0. The van der Waals surface area contributed by atoms with Crippen LogP contribution >= 0.6 is 0 Å². The molecule has 2 fully saturated rings. The fourth-order valence-electron chi connectivity index (χ4n) is 3.94. The first kappa shape index (κ1) is 19.0. The van der Waals surface area contributed by atoms with Crippen LogP contribution in [0.3, 0.4) is 0 Å². The number of methoxy groups -OCH3 is 1. The van der Waals surface area contributed by atoms with Gasteiger partial charge in [-0.3, -0.25) is 0 Å². The molecule has 0 aromatic carbocycles. The minimum Gasteiger partial charge on any atom is -0.378 e. The summed E-state index contributed by atoms with van der Waals surface area (Å²) >= 11 is 0. The first-order valence-corrected chi connectivity index (χ1v) is 8.71. The number of rotatable bonds is 6. The second kappa shape index (κ2) is 8.65. The second-order valence-electron chi connectivity index (χ2n) is 6.80. The minimum absolute atomic E-state index is 0.333. The van der Waals surface area contributed by atoms with Crippen LogP contribution in [0.25, 0.3) is 0 Å². The molecule has 0 N–H and O–H groups in total. The summed E-state index contributed by atoms with van der Waals surface area (Å²) < 4.78 is 67.5. The summed E-state index contributed by atoms with van der Waals surface area (Å²) in [6.07, 6.45) is -5.52. The molecule has 0 bridgehead atoms. The Bertz CT molecular complexity index is 357. The molecule has 23 heavy (non-hydrogen) atoms. The molecule has 2 nitrogen and oxygen atoms in total. The molecule has 0 saturated heterocycles. The molecule has 2 rings (SSSR count). The van der Waals surface area contributed by atoms with Crippen molar-refractivity contribution < 1.29 is 27.0 Å². The predicted molar refractivity (Wildman–Crippen MR) is 80.5 cm³/mol. The molecule has 0 heterocycles. The van der Waals surface area contributed by atoms with Gasteiger partial charge in [0.25, 0.3) is 0 Å². The summed E-state index contributed by atoms with van der Waals surface area (Å²) in [5.41, 5.74) is 0. The summed E-state index contributed by atoms with van der Waals surface area (Å²) in [6.45, 7) is 2.41. The van der Waals surface area contributed by atoms with Gasteiger partial charge in [0.2, 0.25) is 0 Å². The summed E-state index contributed by atoms with van der Waals surface area (Å²) in [6, 6.07) is 0. The zero-order valence-corrected chi connectivity index (χ0v) is 13.9. The number of hydrogen-bond acceptors (Lipinski definition) is 2. The lowest BCUT2D eigenvalue weighted by atomic mass is 9.69. The van der Waals surface area contributed by atoms with E-state index in [1.807, 2.05) is 6.92 Å². The number of alkyl halides is 4. The quantitative estimate of drug-likeness (QED) is 0.528. The van der Waals surface area contributed by atoms with Crippen molar-refractivity contribution in [3.63, 3.8) is 0 Å². The zero-order chi connectivity index (χ0) is 17.0. The number of hydrogen-bond donors (Lipinski definition) is 0. The maximum atomic E-state index is 14.5. The maximum Gasteiger partial charge on any atom is 0.157 e. The van der Waals surface area contributed by atoms with Crippen molar-refractivity contribution in [3.05, 3.63) is 0 Å². The van der Waals surface area contributed by atoms with E-state index in [1.165, 1.54) is 7.11 Å². The van der Waals surface area contributed by atoms with Gasteiger partial charge in [-0.25, -0.2) is 17.6 Å². The third-order valence-electron chi connectivity index (χ3n) is 5.39. The fourth-order valence-corrected chi connectivity index (χ4v) is 3.94. The van der Waals surface area contributed by atoms with Gasteiger partial charge in [-0.15, -0.1) is 0 Å². The van der Waals surface area contributed by atoms with E-state index >= 15 is 0 Å². The maximum absolute atomic E-state index is 14.5. The molecule has 0 radical (unpaired) electrons. The van der Waals surface area contributed by atoms with Crippen LogP contribution in [0.2, 0.25) is 0 Å². The molecule has 0 aliphatic heterocycles. The van der Waals surface area contributed by atoms with Gasteiger partial charge in [0.05, 0.1) is 12.2 Å². The molecule has 0 amide bonds. The summed E-state index contributed by atoms with van der Waals surface area (Å²) in [5.74, 6) is -1.55. The van der Waals surface area contributed by atoms with E-state index in [2.05, 4.69) is 0 Å². The molecule has 136 valence electrons. The smallest absolute Gasteiger partial charge is 0.157 e. The Kier molecular flexibility index (Phi) is 7.14. The Morgan fingerprint density at radius 3 is 1.83 bits per heavy atom. The summed E-state index contributed by atoms with van der Waals surface area (Å²) in [4.78, 5) is 0. The molecular weight excluding hydrogens is 312 g/mol. The predicted octanol–water partition coefficient (Wildman–Crippen LogP) is 4.36. The number of unbranched alkanes of at least 4 members (excludes halogenated alkanes) is 1. The van der Waals surface area contributed by atoms with E-state index in [4.69, 9.17) is 9.47 Å². The van der Waals surface area contributed by atoms with Crippen LogP contribution in [0.5, 0.6) is 0 Å². The van der Waals surface area contributed by atoms with Crippen LogP contribution in [-0.4, -0.2) is 50.6 Å². The molecule has 8 atom stereocenters. The van der Waals surface area contributed by atoms with Crippen molar-refractivity contribution in [3.8, 4) is 0 Å². The van der Waals surface area contributed by atoms with Crippen molar-refractivity contribution in [2.45, 2.75) is 82.3 Å². The van der Waals surface area contributed by atoms with Gasteiger partial charge in [-0.2, -0.15) is 0 Å². The highest BCUT2D eigenvalue weighted by atomic mass is 19.2. The first-order valence-electron chi connectivity index (χ1n) is 8.71. The molecule has 0 spiro atoms. The van der Waals surface area contributed by atoms with E-state index in [-0.39, 0.29) is 0 Å². The molecule has 8 unspecified atom stereocenters. The monoisotopic (exact) mass is 340 g/mol. The Labute approximate surface area is 135 Å². The van der Waals surface area contributed by atoms with E-state index in [9.17, 15) is 17.6 Å². The Morgan fingerprint density at radius 1 is 0.783 bits per heavy atom. The van der Waals surface area contributed by atoms with Crippen molar-refractivity contribution >= 4 is 0 Å². The van der Waals surface area contributed by atoms with Crippen molar-refractivity contribution in [2.75, 3.05) is 13.7 Å². The Morgan fingerprint density at radius 2 is 1.30 bits per heavy atom. The molecular formula is C17H28F4O2. The lowest BCUT2D eigenvalue weighted by Crippen LogP contribution is -2.51. The topological polar surface area (TPSA) is 18.5 Å². The largest absolute Gasteiger partial charge is 0.378 e. The van der Waals surface area contributed by atoms with Crippen LogP contribution in [0.4, 0.5) is 17.6 Å². The van der Waals surface area contributed by atoms with Gasteiger partial charge in [-0.05, 0) is 43.9 Å². The van der Waals surface area contributed by atoms with Crippen LogP contribution in [-0.2, 0) is 9.47 Å². The Balaban J connectivity index is 1.94. The van der Waals surface area contributed by atoms with E-state index in [0.29, 0.717) is 32.3 Å². The van der Waals surface area contributed by atoms with Gasteiger partial charge < -0.3 is 9.47 Å². The van der Waals surface area contributed by atoms with E-state index < -0.39 is 48.7 Å². The molecule has 2 aliphatic rings. The Hall–Kier alpha value is -0.360. The standard InChI is InChI=1S/C17H28F4O2/c1-3-4-9-23-13-8-6-11(15(19)17(13)21)10-5-7-12(22-2)16(20)14(10)18/h10-17H,3-9H2,1-2H3. The third-order valence-corrected chi connectivity index (χ3v) is 5.39. The highest BCUT2D eigenvalue weighted by Gasteiger charge is 2.50. The average Bonchev–Trinajstić information content (AvgIpc) is 2.55. The van der Waals surface area contributed by atoms with E-state index in [1.54, 1.807) is 0 Å². The molecule has 0 aromatic rings. The van der Waals surface area contributed by atoms with Crippen molar-refractivity contribution in [1.29, 1.82) is 0 Å². The lowest BCUT2D eigenvalue weighted by molar-refractivity contribution is -0.116. The van der Waals surface area contributed by atoms with Gasteiger partial charge in [0.15, 0.2) is 12.3 Å². The van der Waals surface area contributed by atoms with Crippen LogP contribution in [0.15, 0.2) is 0 Å². The van der Waals surface area contributed by atoms with Crippen LogP contribution in [0, 0.1) is 11.8 Å². The second-order valence-corrected chi connectivity index (χ2v) is 6.80. The molecule has 2 aliphatic carbocycles. The zero-order valence-electron chi connectivity index (χ0n) is 13.9. The molecule has 6 heteroatoms. The SMILES string of the molecule is CCCCOC1CCC(C2CCC(OC)C(F)C2F)C(F)C1F.